The molecule has 1 saturated heterocycles. The second kappa shape index (κ2) is 9.27. The number of hydrogen-bond acceptors (Lipinski definition) is 5. The molecule has 2 heterocycles. The lowest BCUT2D eigenvalue weighted by Crippen LogP contribution is -2.36. The highest BCUT2D eigenvalue weighted by Crippen LogP contribution is 2.39. The molecule has 1 fully saturated rings. The summed E-state index contributed by atoms with van der Waals surface area (Å²) >= 11 is 0. The molecule has 7 heteroatoms. The highest BCUT2D eigenvalue weighted by Gasteiger charge is 2.29. The van der Waals surface area contributed by atoms with Crippen LogP contribution in [0.5, 0.6) is 5.75 Å². The van der Waals surface area contributed by atoms with Gasteiger partial charge in [0.1, 0.15) is 5.75 Å². The fourth-order valence-electron chi connectivity index (χ4n) is 4.96. The maximum Gasteiger partial charge on any atom is 0.416 e. The molecule has 1 N–H and O–H groups in total. The number of carboxylic acid groups (broad SMARTS) is 1. The van der Waals surface area contributed by atoms with Crippen molar-refractivity contribution in [2.24, 2.45) is 5.92 Å². The molecule has 0 aliphatic carbocycles. The normalized spacial score (nSPS) is 18.9. The number of fused-ring (bicyclic) bond motifs is 1. The van der Waals surface area contributed by atoms with Gasteiger partial charge < -0.3 is 14.6 Å². The van der Waals surface area contributed by atoms with Crippen molar-refractivity contribution in [2.45, 2.75) is 39.3 Å². The molecule has 0 unspecified atom stereocenters. The van der Waals surface area contributed by atoms with E-state index in [1.807, 2.05) is 43.3 Å². The van der Waals surface area contributed by atoms with Gasteiger partial charge in [-0.2, -0.15) is 0 Å². The summed E-state index contributed by atoms with van der Waals surface area (Å²) in [5.41, 5.74) is 4.24. The number of ether oxygens (including phenoxy) is 2. The van der Waals surface area contributed by atoms with Crippen LogP contribution in [0, 0.1) is 12.8 Å². The van der Waals surface area contributed by atoms with Crippen molar-refractivity contribution in [2.75, 3.05) is 20.8 Å². The number of carbonyl (C=O) groups excluding carboxylic acids is 1. The van der Waals surface area contributed by atoms with E-state index in [1.165, 1.54) is 11.7 Å². The van der Waals surface area contributed by atoms with Crippen LogP contribution in [0.1, 0.15) is 52.9 Å². The van der Waals surface area contributed by atoms with E-state index in [-0.39, 0.29) is 12.0 Å². The van der Waals surface area contributed by atoms with E-state index in [9.17, 15) is 14.7 Å². The number of benzene rings is 2. The minimum absolute atomic E-state index is 0.183. The molecule has 2 atom stereocenters. The molecule has 0 bridgehead atoms. The second-order valence-electron chi connectivity index (χ2n) is 8.83. The van der Waals surface area contributed by atoms with Gasteiger partial charge in [-0.1, -0.05) is 19.1 Å². The molecule has 0 saturated carbocycles. The number of aromatic nitrogens is 1. The Morgan fingerprint density at radius 1 is 1.15 bits per heavy atom. The largest absolute Gasteiger partial charge is 0.496 e. The van der Waals surface area contributed by atoms with Crippen LogP contribution >= 0.6 is 0 Å². The molecule has 0 radical (unpaired) electrons. The van der Waals surface area contributed by atoms with Crippen LogP contribution in [0.4, 0.5) is 4.79 Å². The van der Waals surface area contributed by atoms with Crippen LogP contribution in [-0.2, 0) is 11.3 Å². The van der Waals surface area contributed by atoms with Crippen molar-refractivity contribution in [1.82, 2.24) is 9.47 Å². The Morgan fingerprint density at radius 3 is 2.52 bits per heavy atom. The molecule has 1 aliphatic rings. The quantitative estimate of drug-likeness (QED) is 0.535. The van der Waals surface area contributed by atoms with Crippen molar-refractivity contribution in [3.63, 3.8) is 0 Å². The first-order valence-electron chi connectivity index (χ1n) is 11.2. The summed E-state index contributed by atoms with van der Waals surface area (Å²) in [6.07, 6.45) is 2.69. The van der Waals surface area contributed by atoms with E-state index >= 15 is 0 Å². The van der Waals surface area contributed by atoms with Gasteiger partial charge in [0.15, 0.2) is 0 Å². The van der Waals surface area contributed by atoms with Crippen LogP contribution in [0.15, 0.2) is 42.6 Å². The molecule has 4 rings (SSSR count). The van der Waals surface area contributed by atoms with Gasteiger partial charge in [-0.05, 0) is 67.6 Å². The maximum atomic E-state index is 11.8. The van der Waals surface area contributed by atoms with E-state index < -0.39 is 6.09 Å². The van der Waals surface area contributed by atoms with Crippen molar-refractivity contribution < 1.29 is 24.2 Å². The molecule has 0 spiro atoms. The van der Waals surface area contributed by atoms with Crippen LogP contribution < -0.4 is 4.74 Å². The SMILES string of the molecule is COC(=O)c1ccc([C@@H]2C[C@H](C)CCN2Cc2c(OC)cc(C)c3c2ccn3C(=O)O)cc1. The summed E-state index contributed by atoms with van der Waals surface area (Å²) in [6, 6.07) is 11.6. The van der Waals surface area contributed by atoms with Crippen LogP contribution in [-0.4, -0.2) is 47.4 Å². The van der Waals surface area contributed by atoms with Crippen LogP contribution in [0.3, 0.4) is 0 Å². The minimum Gasteiger partial charge on any atom is -0.496 e. The molecular formula is C26H30N2O5. The van der Waals surface area contributed by atoms with Gasteiger partial charge in [0.25, 0.3) is 0 Å². The van der Waals surface area contributed by atoms with Crippen LogP contribution in [0.25, 0.3) is 10.9 Å². The van der Waals surface area contributed by atoms with E-state index in [2.05, 4.69) is 11.8 Å². The summed E-state index contributed by atoms with van der Waals surface area (Å²) in [7, 11) is 3.04. The second-order valence-corrected chi connectivity index (χ2v) is 8.83. The number of esters is 1. The third kappa shape index (κ3) is 4.33. The minimum atomic E-state index is -1.00. The number of piperidine rings is 1. The first-order valence-corrected chi connectivity index (χ1v) is 11.2. The predicted octanol–water partition coefficient (Wildman–Crippen LogP) is 5.24. The molecule has 33 heavy (non-hydrogen) atoms. The van der Waals surface area contributed by atoms with Gasteiger partial charge in [-0.15, -0.1) is 0 Å². The lowest BCUT2D eigenvalue weighted by Gasteiger charge is -2.39. The van der Waals surface area contributed by atoms with Gasteiger partial charge in [-0.25, -0.2) is 9.59 Å². The topological polar surface area (TPSA) is 81.0 Å². The highest BCUT2D eigenvalue weighted by atomic mass is 16.5. The van der Waals surface area contributed by atoms with E-state index in [0.29, 0.717) is 23.5 Å². The average Bonchev–Trinajstić information content (AvgIpc) is 3.27. The number of likely N-dealkylation sites (tertiary alicyclic amines) is 1. The molecule has 1 aliphatic heterocycles. The van der Waals surface area contributed by atoms with Crippen molar-refractivity contribution in [1.29, 1.82) is 0 Å². The molecule has 1 aromatic heterocycles. The lowest BCUT2D eigenvalue weighted by molar-refractivity contribution is 0.0600. The van der Waals surface area contributed by atoms with Crippen molar-refractivity contribution in [3.8, 4) is 5.75 Å². The number of hydrogen-bond donors (Lipinski definition) is 1. The van der Waals surface area contributed by atoms with Gasteiger partial charge in [-0.3, -0.25) is 9.47 Å². The zero-order chi connectivity index (χ0) is 23.7. The number of nitrogens with zero attached hydrogens (tertiary/aromatic N) is 2. The smallest absolute Gasteiger partial charge is 0.416 e. The maximum absolute atomic E-state index is 11.8. The summed E-state index contributed by atoms with van der Waals surface area (Å²) in [6.45, 7) is 5.73. The third-order valence-electron chi connectivity index (χ3n) is 6.71. The Balaban J connectivity index is 1.73. The molecule has 174 valence electrons. The molecule has 2 aromatic carbocycles. The zero-order valence-corrected chi connectivity index (χ0v) is 19.5. The van der Waals surface area contributed by atoms with Crippen LogP contribution in [0.2, 0.25) is 0 Å². The van der Waals surface area contributed by atoms with E-state index in [4.69, 9.17) is 9.47 Å². The fourth-order valence-corrected chi connectivity index (χ4v) is 4.96. The molecule has 0 amide bonds. The predicted molar refractivity (Wildman–Crippen MR) is 126 cm³/mol. The molecular weight excluding hydrogens is 420 g/mol. The van der Waals surface area contributed by atoms with E-state index in [0.717, 1.165) is 47.2 Å². The Kier molecular flexibility index (Phi) is 6.42. The summed E-state index contributed by atoms with van der Waals surface area (Å²) < 4.78 is 11.8. The number of rotatable bonds is 5. The number of aryl methyl sites for hydroxylation is 1. The van der Waals surface area contributed by atoms with Crippen molar-refractivity contribution >= 4 is 23.0 Å². The van der Waals surface area contributed by atoms with Gasteiger partial charge in [0.05, 0.1) is 25.3 Å². The lowest BCUT2D eigenvalue weighted by atomic mass is 9.87. The fraction of sp³-hybridized carbons (Fsp3) is 0.385. The summed E-state index contributed by atoms with van der Waals surface area (Å²) in [5, 5.41) is 10.5. The average molecular weight is 451 g/mol. The molecule has 7 nitrogen and oxygen atoms in total. The Morgan fingerprint density at radius 2 is 1.88 bits per heavy atom. The monoisotopic (exact) mass is 450 g/mol. The number of carbonyl (C=O) groups is 2. The summed E-state index contributed by atoms with van der Waals surface area (Å²) in [5.74, 6) is 1.01. The number of methoxy groups -OCH3 is 2. The van der Waals surface area contributed by atoms with Gasteiger partial charge in [0.2, 0.25) is 0 Å². The Labute approximate surface area is 193 Å². The standard InChI is InChI=1S/C26H30N2O5/c1-16-9-11-27(22(13-16)18-5-7-19(8-6-18)25(29)33-4)15-21-20-10-12-28(26(30)31)24(20)17(2)14-23(21)32-3/h5-8,10,12,14,16,22H,9,11,13,15H2,1-4H3,(H,30,31)/t16-,22+/m1/s1. The Bertz CT molecular complexity index is 1180. The highest BCUT2D eigenvalue weighted by molar-refractivity contribution is 5.94. The summed E-state index contributed by atoms with van der Waals surface area (Å²) in [4.78, 5) is 26.0. The van der Waals surface area contributed by atoms with Gasteiger partial charge >= 0.3 is 12.1 Å². The Hall–Kier alpha value is -3.32. The third-order valence-corrected chi connectivity index (χ3v) is 6.71. The first kappa shape index (κ1) is 22.9. The zero-order valence-electron chi connectivity index (χ0n) is 19.5. The van der Waals surface area contributed by atoms with Crippen molar-refractivity contribution in [3.05, 3.63) is 64.8 Å². The first-order chi connectivity index (χ1) is 15.8. The molecule has 3 aromatic rings. The van der Waals surface area contributed by atoms with E-state index in [1.54, 1.807) is 13.3 Å². The van der Waals surface area contributed by atoms with Gasteiger partial charge in [0, 0.05) is 29.7 Å².